The molecular formula is C21H19FN2O5S. The van der Waals surface area contributed by atoms with Gasteiger partial charge in [0.2, 0.25) is 6.79 Å². The van der Waals surface area contributed by atoms with Crippen LogP contribution in [-0.4, -0.2) is 31.2 Å². The van der Waals surface area contributed by atoms with Gasteiger partial charge >= 0.3 is 12.0 Å². The molecule has 2 heterocycles. The minimum atomic E-state index is -0.712. The first-order valence-corrected chi connectivity index (χ1v) is 10.3. The van der Waals surface area contributed by atoms with Crippen molar-refractivity contribution in [2.45, 2.75) is 17.9 Å². The molecule has 2 aliphatic rings. The molecule has 0 saturated heterocycles. The van der Waals surface area contributed by atoms with E-state index in [4.69, 9.17) is 14.2 Å². The molecule has 4 rings (SSSR count). The molecule has 1 atom stereocenters. The van der Waals surface area contributed by atoms with E-state index in [2.05, 4.69) is 10.6 Å². The molecule has 7 nitrogen and oxygen atoms in total. The predicted octanol–water partition coefficient (Wildman–Crippen LogP) is 3.52. The van der Waals surface area contributed by atoms with Crippen LogP contribution in [-0.2, 0) is 9.53 Å². The molecule has 2 aromatic rings. The zero-order valence-corrected chi connectivity index (χ0v) is 16.9. The van der Waals surface area contributed by atoms with E-state index < -0.39 is 18.0 Å². The van der Waals surface area contributed by atoms with Crippen molar-refractivity contribution >= 4 is 23.8 Å². The number of nitrogens with one attached hydrogen (secondary N) is 2. The monoisotopic (exact) mass is 430 g/mol. The van der Waals surface area contributed by atoms with E-state index in [9.17, 15) is 14.0 Å². The van der Waals surface area contributed by atoms with Gasteiger partial charge in [-0.05, 0) is 48.9 Å². The van der Waals surface area contributed by atoms with Gasteiger partial charge in [-0.2, -0.15) is 0 Å². The summed E-state index contributed by atoms with van der Waals surface area (Å²) in [6, 6.07) is 10.1. The van der Waals surface area contributed by atoms with Crippen LogP contribution in [0.5, 0.6) is 11.5 Å². The van der Waals surface area contributed by atoms with Gasteiger partial charge in [0.1, 0.15) is 5.82 Å². The number of hydrogen-bond donors (Lipinski definition) is 2. The molecule has 0 spiro atoms. The summed E-state index contributed by atoms with van der Waals surface area (Å²) in [5, 5.41) is 5.50. The van der Waals surface area contributed by atoms with Crippen molar-refractivity contribution < 1.29 is 28.2 Å². The third kappa shape index (κ3) is 4.20. The second-order valence-corrected chi connectivity index (χ2v) is 7.55. The Hall–Kier alpha value is -3.20. The molecule has 0 aromatic heterocycles. The largest absolute Gasteiger partial charge is 0.463 e. The number of amides is 2. The summed E-state index contributed by atoms with van der Waals surface area (Å²) in [4.78, 5) is 26.0. The zero-order valence-electron chi connectivity index (χ0n) is 16.1. The molecule has 0 fully saturated rings. The van der Waals surface area contributed by atoms with E-state index in [0.717, 1.165) is 4.90 Å². The number of carbonyl (C=O) groups excluding carboxylic acids is 2. The fraction of sp³-hybridized carbons (Fsp3) is 0.238. The topological polar surface area (TPSA) is 85.9 Å². The summed E-state index contributed by atoms with van der Waals surface area (Å²) in [5.41, 5.74) is 1.42. The summed E-state index contributed by atoms with van der Waals surface area (Å²) in [7, 11) is 0. The van der Waals surface area contributed by atoms with Gasteiger partial charge in [-0.15, -0.1) is 11.8 Å². The average Bonchev–Trinajstić information content (AvgIpc) is 3.21. The highest BCUT2D eigenvalue weighted by Crippen LogP contribution is 2.37. The lowest BCUT2D eigenvalue weighted by Crippen LogP contribution is -2.46. The van der Waals surface area contributed by atoms with Crippen molar-refractivity contribution in [3.8, 4) is 11.5 Å². The van der Waals surface area contributed by atoms with Crippen LogP contribution < -0.4 is 20.1 Å². The van der Waals surface area contributed by atoms with Gasteiger partial charge in [0.25, 0.3) is 0 Å². The van der Waals surface area contributed by atoms with Gasteiger partial charge in [-0.1, -0.05) is 6.07 Å². The number of thioether (sulfide) groups is 1. The molecule has 0 unspecified atom stereocenters. The highest BCUT2D eigenvalue weighted by molar-refractivity contribution is 7.99. The number of hydrogen-bond acceptors (Lipinski definition) is 6. The van der Waals surface area contributed by atoms with Crippen molar-refractivity contribution in [3.05, 3.63) is 65.1 Å². The summed E-state index contributed by atoms with van der Waals surface area (Å²) >= 11 is 1.37. The van der Waals surface area contributed by atoms with Crippen molar-refractivity contribution in [1.29, 1.82) is 0 Å². The molecule has 2 amide bonds. The van der Waals surface area contributed by atoms with Crippen LogP contribution in [0.15, 0.2) is 58.6 Å². The number of ether oxygens (including phenoxy) is 3. The lowest BCUT2D eigenvalue weighted by Gasteiger charge is -2.29. The van der Waals surface area contributed by atoms with E-state index in [0.29, 0.717) is 34.1 Å². The Kier molecular flexibility index (Phi) is 5.80. The first-order valence-electron chi connectivity index (χ1n) is 9.30. The van der Waals surface area contributed by atoms with Gasteiger partial charge in [0.15, 0.2) is 11.5 Å². The Bertz CT molecular complexity index is 1010. The van der Waals surface area contributed by atoms with Gasteiger partial charge in [-0.25, -0.2) is 14.0 Å². The first kappa shape index (κ1) is 20.1. The lowest BCUT2D eigenvalue weighted by atomic mass is 9.95. The van der Waals surface area contributed by atoms with Gasteiger partial charge < -0.3 is 24.8 Å². The second-order valence-electron chi connectivity index (χ2n) is 6.50. The SMILES string of the molecule is CCOC(=O)C1=C(CSc2ccc(F)cc2)NC(=O)N[C@@H]1c1ccc2c(c1)OCO2. The minimum absolute atomic E-state index is 0.123. The number of fused-ring (bicyclic) bond motifs is 1. The number of rotatable bonds is 6. The van der Waals surface area contributed by atoms with Crippen molar-refractivity contribution in [3.63, 3.8) is 0 Å². The number of benzene rings is 2. The van der Waals surface area contributed by atoms with E-state index >= 15 is 0 Å². The van der Waals surface area contributed by atoms with Gasteiger partial charge in [0, 0.05) is 16.3 Å². The van der Waals surface area contributed by atoms with Crippen LogP contribution in [0, 0.1) is 5.82 Å². The molecule has 0 aliphatic carbocycles. The van der Waals surface area contributed by atoms with E-state index in [1.807, 2.05) is 0 Å². The Morgan fingerprint density at radius 1 is 1.20 bits per heavy atom. The lowest BCUT2D eigenvalue weighted by molar-refractivity contribution is -0.139. The maximum absolute atomic E-state index is 13.2. The number of urea groups is 1. The Morgan fingerprint density at radius 2 is 1.97 bits per heavy atom. The highest BCUT2D eigenvalue weighted by atomic mass is 32.2. The average molecular weight is 430 g/mol. The number of carbonyl (C=O) groups is 2. The van der Waals surface area contributed by atoms with Gasteiger partial charge in [0.05, 0.1) is 18.2 Å². The van der Waals surface area contributed by atoms with Crippen LogP contribution in [0.3, 0.4) is 0 Å². The molecule has 2 N–H and O–H groups in total. The highest BCUT2D eigenvalue weighted by Gasteiger charge is 2.34. The van der Waals surface area contributed by atoms with E-state index in [1.54, 1.807) is 37.3 Å². The molecule has 30 heavy (non-hydrogen) atoms. The first-order chi connectivity index (χ1) is 14.5. The second kappa shape index (κ2) is 8.66. The molecule has 0 saturated carbocycles. The zero-order chi connectivity index (χ0) is 21.1. The third-order valence-electron chi connectivity index (χ3n) is 4.58. The normalized spacial score (nSPS) is 17.4. The maximum Gasteiger partial charge on any atom is 0.338 e. The minimum Gasteiger partial charge on any atom is -0.463 e. The Morgan fingerprint density at radius 3 is 2.73 bits per heavy atom. The fourth-order valence-electron chi connectivity index (χ4n) is 3.21. The predicted molar refractivity (Wildman–Crippen MR) is 108 cm³/mol. The van der Waals surface area contributed by atoms with Crippen molar-refractivity contribution in [2.75, 3.05) is 19.2 Å². The van der Waals surface area contributed by atoms with Crippen LogP contribution in [0.2, 0.25) is 0 Å². The third-order valence-corrected chi connectivity index (χ3v) is 5.61. The molecule has 0 bridgehead atoms. The quantitative estimate of drug-likeness (QED) is 0.539. The van der Waals surface area contributed by atoms with Crippen molar-refractivity contribution in [2.24, 2.45) is 0 Å². The molecule has 0 radical (unpaired) electrons. The summed E-state index contributed by atoms with van der Waals surface area (Å²) < 4.78 is 29.2. The van der Waals surface area contributed by atoms with Gasteiger partial charge in [-0.3, -0.25) is 0 Å². The molecule has 9 heteroatoms. The molecule has 2 aromatic carbocycles. The molecule has 156 valence electrons. The number of esters is 1. The molecule has 2 aliphatic heterocycles. The van der Waals surface area contributed by atoms with Crippen LogP contribution in [0.4, 0.5) is 9.18 Å². The Balaban J connectivity index is 1.68. The van der Waals surface area contributed by atoms with Crippen molar-refractivity contribution in [1.82, 2.24) is 10.6 Å². The smallest absolute Gasteiger partial charge is 0.338 e. The summed E-state index contributed by atoms with van der Waals surface area (Å²) in [6.45, 7) is 2.04. The van der Waals surface area contributed by atoms with Crippen LogP contribution in [0.25, 0.3) is 0 Å². The standard InChI is InChI=1S/C21H19FN2O5S/c1-2-27-20(25)18-15(10-30-14-6-4-13(22)5-7-14)23-21(26)24-19(18)12-3-8-16-17(9-12)29-11-28-16/h3-9,19H,2,10-11H2,1H3,(H2,23,24,26)/t19-/m1/s1. The maximum atomic E-state index is 13.2. The summed E-state index contributed by atoms with van der Waals surface area (Å²) in [6.07, 6.45) is 0. The fourth-order valence-corrected chi connectivity index (χ4v) is 4.08. The number of halogens is 1. The summed E-state index contributed by atoms with van der Waals surface area (Å²) in [5.74, 6) is 0.596. The Labute approximate surface area is 176 Å². The van der Waals surface area contributed by atoms with E-state index in [-0.39, 0.29) is 19.2 Å². The van der Waals surface area contributed by atoms with Crippen LogP contribution >= 0.6 is 11.8 Å². The van der Waals surface area contributed by atoms with Crippen LogP contribution in [0.1, 0.15) is 18.5 Å². The molecular weight excluding hydrogens is 411 g/mol. The van der Waals surface area contributed by atoms with E-state index in [1.165, 1.54) is 23.9 Å².